The monoisotopic (exact) mass is 364 g/mol. The number of nitrogens with zero attached hydrogens (tertiary/aromatic N) is 1. The van der Waals surface area contributed by atoms with Crippen molar-refractivity contribution in [2.24, 2.45) is 0 Å². The number of nitrogens with one attached hydrogen (secondary N) is 1. The minimum Gasteiger partial charge on any atom is -0.387 e. The minimum atomic E-state index is -1.41. The molecule has 1 unspecified atom stereocenters. The molecular formula is C17H20N2O7. The second-order valence-electron chi connectivity index (χ2n) is 6.01. The fourth-order valence-corrected chi connectivity index (χ4v) is 3.06. The molecule has 0 saturated carbocycles. The number of ether oxygens (including phenoxy) is 2. The third-order valence-corrected chi connectivity index (χ3v) is 4.34. The van der Waals surface area contributed by atoms with Crippen LogP contribution in [-0.2, 0) is 15.9 Å². The van der Waals surface area contributed by atoms with Gasteiger partial charge in [-0.1, -0.05) is 30.3 Å². The van der Waals surface area contributed by atoms with Crippen molar-refractivity contribution in [2.45, 2.75) is 37.1 Å². The maximum Gasteiger partial charge on any atom is 0.330 e. The fourth-order valence-electron chi connectivity index (χ4n) is 3.06. The van der Waals surface area contributed by atoms with Crippen molar-refractivity contribution < 1.29 is 24.8 Å². The van der Waals surface area contributed by atoms with E-state index in [9.17, 15) is 19.8 Å². The van der Waals surface area contributed by atoms with Gasteiger partial charge in [-0.25, -0.2) is 4.79 Å². The highest BCUT2D eigenvalue weighted by molar-refractivity contribution is 5.16. The average molecular weight is 364 g/mol. The molecule has 0 amide bonds. The third kappa shape index (κ3) is 3.76. The zero-order valence-corrected chi connectivity index (χ0v) is 13.8. The summed E-state index contributed by atoms with van der Waals surface area (Å²) < 4.78 is 12.0. The predicted molar refractivity (Wildman–Crippen MR) is 89.4 cm³/mol. The first-order valence-electron chi connectivity index (χ1n) is 8.10. The van der Waals surface area contributed by atoms with Gasteiger partial charge in [0, 0.05) is 18.7 Å². The van der Waals surface area contributed by atoms with Crippen LogP contribution in [0.3, 0.4) is 0 Å². The quantitative estimate of drug-likeness (QED) is 0.470. The van der Waals surface area contributed by atoms with E-state index in [4.69, 9.17) is 14.6 Å². The van der Waals surface area contributed by atoms with Crippen molar-refractivity contribution in [3.63, 3.8) is 0 Å². The molecule has 0 radical (unpaired) electrons. The Labute approximate surface area is 148 Å². The lowest BCUT2D eigenvalue weighted by molar-refractivity contribution is -0.139. The zero-order chi connectivity index (χ0) is 18.7. The molecule has 0 aliphatic carbocycles. The van der Waals surface area contributed by atoms with Crippen molar-refractivity contribution in [2.75, 3.05) is 6.79 Å². The van der Waals surface area contributed by atoms with Crippen molar-refractivity contribution in [1.29, 1.82) is 0 Å². The van der Waals surface area contributed by atoms with Crippen LogP contribution in [0.5, 0.6) is 0 Å². The summed E-state index contributed by atoms with van der Waals surface area (Å²) in [5.74, 6) is 0. The Balaban J connectivity index is 1.84. The Morgan fingerprint density at radius 3 is 2.54 bits per heavy atom. The molecule has 0 bridgehead atoms. The molecule has 1 aromatic heterocycles. The molecule has 3 rings (SSSR count). The van der Waals surface area contributed by atoms with E-state index in [1.165, 1.54) is 6.20 Å². The highest BCUT2D eigenvalue weighted by Crippen LogP contribution is 2.32. The number of rotatable bonds is 6. The molecule has 9 nitrogen and oxygen atoms in total. The van der Waals surface area contributed by atoms with E-state index >= 15 is 0 Å². The topological polar surface area (TPSA) is 134 Å². The van der Waals surface area contributed by atoms with Crippen LogP contribution >= 0.6 is 0 Å². The largest absolute Gasteiger partial charge is 0.387 e. The summed E-state index contributed by atoms with van der Waals surface area (Å²) in [6.07, 6.45) is -4.19. The molecule has 1 fully saturated rings. The summed E-state index contributed by atoms with van der Waals surface area (Å²) >= 11 is 0. The smallest absolute Gasteiger partial charge is 0.330 e. The zero-order valence-electron chi connectivity index (χ0n) is 13.8. The molecule has 0 spiro atoms. The van der Waals surface area contributed by atoms with Gasteiger partial charge >= 0.3 is 5.69 Å². The Morgan fingerprint density at radius 2 is 1.88 bits per heavy atom. The first kappa shape index (κ1) is 18.5. The summed E-state index contributed by atoms with van der Waals surface area (Å²) in [5, 5.41) is 29.9. The van der Waals surface area contributed by atoms with Gasteiger partial charge < -0.3 is 24.8 Å². The molecule has 26 heavy (non-hydrogen) atoms. The molecule has 2 aromatic rings. The number of H-pyrrole nitrogens is 1. The molecule has 2 heterocycles. The van der Waals surface area contributed by atoms with Crippen LogP contribution < -0.4 is 11.2 Å². The lowest BCUT2D eigenvalue weighted by Gasteiger charge is -2.25. The molecule has 140 valence electrons. The van der Waals surface area contributed by atoms with Gasteiger partial charge in [0.15, 0.2) is 6.23 Å². The van der Waals surface area contributed by atoms with Crippen LogP contribution in [0.1, 0.15) is 11.8 Å². The van der Waals surface area contributed by atoms with Gasteiger partial charge in [-0.05, 0) is 5.56 Å². The lowest BCUT2D eigenvalue weighted by atomic mass is 9.99. The van der Waals surface area contributed by atoms with Gasteiger partial charge in [0.05, 0.1) is 6.10 Å². The first-order chi connectivity index (χ1) is 12.5. The standard InChI is InChI=1S/C17H20N2O7/c20-9-25-11(8-10-4-2-1-3-5-10)15-13(22)14(23)16(26-15)19-7-6-12(21)18-17(19)24/h1-7,11,13-16,20,22-23H,8-9H2,(H,18,21,24)/t11?,13-,14+,15+,16+/m0/s1. The van der Waals surface area contributed by atoms with Gasteiger partial charge in [-0.2, -0.15) is 0 Å². The molecule has 1 aromatic carbocycles. The van der Waals surface area contributed by atoms with Crippen LogP contribution in [0.15, 0.2) is 52.2 Å². The molecule has 5 atom stereocenters. The first-order valence-corrected chi connectivity index (χ1v) is 8.10. The van der Waals surface area contributed by atoms with Gasteiger partial charge in [-0.3, -0.25) is 14.3 Å². The van der Waals surface area contributed by atoms with Crippen LogP contribution in [0.25, 0.3) is 0 Å². The second-order valence-corrected chi connectivity index (χ2v) is 6.01. The Bertz CT molecular complexity index is 835. The van der Waals surface area contributed by atoms with Crippen molar-refractivity contribution in [1.82, 2.24) is 9.55 Å². The Hall–Kier alpha value is -2.30. The Morgan fingerprint density at radius 1 is 1.15 bits per heavy atom. The van der Waals surface area contributed by atoms with Crippen LogP contribution in [0, 0.1) is 0 Å². The van der Waals surface area contributed by atoms with Crippen LogP contribution in [-0.4, -0.2) is 56.1 Å². The fraction of sp³-hybridized carbons (Fsp3) is 0.412. The van der Waals surface area contributed by atoms with E-state index < -0.39 is 48.7 Å². The lowest BCUT2D eigenvalue weighted by Crippen LogP contribution is -2.41. The van der Waals surface area contributed by atoms with Gasteiger partial charge in [0.2, 0.25) is 0 Å². The second kappa shape index (κ2) is 7.94. The normalized spacial score (nSPS) is 26.7. The van der Waals surface area contributed by atoms with E-state index in [0.29, 0.717) is 6.42 Å². The van der Waals surface area contributed by atoms with E-state index in [1.54, 1.807) is 0 Å². The van der Waals surface area contributed by atoms with Gasteiger partial charge in [0.1, 0.15) is 25.1 Å². The molecular weight excluding hydrogens is 344 g/mol. The van der Waals surface area contributed by atoms with E-state index in [1.807, 2.05) is 30.3 Å². The van der Waals surface area contributed by atoms with Gasteiger partial charge in [0.25, 0.3) is 5.56 Å². The van der Waals surface area contributed by atoms with Crippen molar-refractivity contribution >= 4 is 0 Å². The molecule has 1 aliphatic rings. The van der Waals surface area contributed by atoms with E-state index in [2.05, 4.69) is 4.98 Å². The van der Waals surface area contributed by atoms with Crippen LogP contribution in [0.2, 0.25) is 0 Å². The molecule has 4 N–H and O–H groups in total. The third-order valence-electron chi connectivity index (χ3n) is 4.34. The van der Waals surface area contributed by atoms with Crippen LogP contribution in [0.4, 0.5) is 0 Å². The van der Waals surface area contributed by atoms with E-state index in [0.717, 1.165) is 16.2 Å². The van der Waals surface area contributed by atoms with E-state index in [-0.39, 0.29) is 0 Å². The number of aliphatic hydroxyl groups excluding tert-OH is 3. The summed E-state index contributed by atoms with van der Waals surface area (Å²) in [5.41, 5.74) is -0.459. The number of aromatic amines is 1. The number of aromatic nitrogens is 2. The highest BCUT2D eigenvalue weighted by atomic mass is 16.6. The van der Waals surface area contributed by atoms with Crippen molar-refractivity contribution in [3.05, 3.63) is 69.0 Å². The average Bonchev–Trinajstić information content (AvgIpc) is 2.91. The number of hydrogen-bond acceptors (Lipinski definition) is 7. The highest BCUT2D eigenvalue weighted by Gasteiger charge is 2.47. The summed E-state index contributed by atoms with van der Waals surface area (Å²) in [7, 11) is 0. The SMILES string of the molecule is O=c1ccn([C@@H]2O[C@H](C(Cc3ccccc3)OCO)[C@@H](O)[C@H]2O)c(=O)[nH]1. The summed E-state index contributed by atoms with van der Waals surface area (Å²) in [6.45, 7) is -0.594. The summed E-state index contributed by atoms with van der Waals surface area (Å²) in [6, 6.07) is 10.4. The maximum absolute atomic E-state index is 11.9. The number of benzene rings is 1. The Kier molecular flexibility index (Phi) is 5.64. The molecule has 1 aliphatic heterocycles. The number of aliphatic hydroxyl groups is 3. The number of hydrogen-bond donors (Lipinski definition) is 4. The predicted octanol–water partition coefficient (Wildman–Crippen LogP) is -1.27. The van der Waals surface area contributed by atoms with Crippen molar-refractivity contribution in [3.8, 4) is 0 Å². The minimum absolute atomic E-state index is 0.323. The maximum atomic E-state index is 11.9. The van der Waals surface area contributed by atoms with Gasteiger partial charge in [-0.15, -0.1) is 0 Å². The molecule has 9 heteroatoms. The molecule has 1 saturated heterocycles. The summed E-state index contributed by atoms with van der Waals surface area (Å²) in [4.78, 5) is 25.2.